The number of aromatic nitrogens is 2. The summed E-state index contributed by atoms with van der Waals surface area (Å²) >= 11 is 0. The predicted octanol–water partition coefficient (Wildman–Crippen LogP) is 3.65. The van der Waals surface area contributed by atoms with Gasteiger partial charge in [-0.3, -0.25) is 9.59 Å². The van der Waals surface area contributed by atoms with E-state index in [1.807, 2.05) is 6.07 Å². The second kappa shape index (κ2) is 8.97. The second-order valence-electron chi connectivity index (χ2n) is 7.24. The predicted molar refractivity (Wildman–Crippen MR) is 120 cm³/mol. The molecule has 4 aromatic rings. The molecule has 0 radical (unpaired) electrons. The Morgan fingerprint density at radius 2 is 1.72 bits per heavy atom. The molecule has 164 valence electrons. The van der Waals surface area contributed by atoms with Gasteiger partial charge >= 0.3 is 0 Å². The van der Waals surface area contributed by atoms with Crippen LogP contribution in [0.25, 0.3) is 10.9 Å². The Balaban J connectivity index is 1.56. The molecule has 0 aliphatic carbocycles. The molecule has 2 aromatic heterocycles. The zero-order chi connectivity index (χ0) is 22.7. The lowest BCUT2D eigenvalue weighted by Gasteiger charge is -2.12. The fourth-order valence-electron chi connectivity index (χ4n) is 3.60. The van der Waals surface area contributed by atoms with Crippen LogP contribution in [-0.4, -0.2) is 29.3 Å². The smallest absolute Gasteiger partial charge is 0.275 e. The number of methoxy groups -OCH3 is 2. The first kappa shape index (κ1) is 21.2. The summed E-state index contributed by atoms with van der Waals surface area (Å²) in [7, 11) is 3.04. The summed E-state index contributed by atoms with van der Waals surface area (Å²) in [4.78, 5) is 25.7. The average molecular weight is 435 g/mol. The van der Waals surface area contributed by atoms with Crippen molar-refractivity contribution in [2.24, 2.45) is 0 Å². The van der Waals surface area contributed by atoms with E-state index in [4.69, 9.17) is 9.47 Å². The van der Waals surface area contributed by atoms with Gasteiger partial charge in [0, 0.05) is 36.1 Å². The number of anilines is 1. The quantitative estimate of drug-likeness (QED) is 0.481. The van der Waals surface area contributed by atoms with Crippen molar-refractivity contribution in [3.63, 3.8) is 0 Å². The summed E-state index contributed by atoms with van der Waals surface area (Å²) in [5, 5.41) is 3.52. The van der Waals surface area contributed by atoms with Gasteiger partial charge in [-0.1, -0.05) is 12.1 Å². The van der Waals surface area contributed by atoms with Crippen LogP contribution in [0.3, 0.4) is 0 Å². The van der Waals surface area contributed by atoms with Crippen molar-refractivity contribution in [3.05, 3.63) is 88.7 Å². The zero-order valence-electron chi connectivity index (χ0n) is 17.7. The van der Waals surface area contributed by atoms with Gasteiger partial charge in [0.1, 0.15) is 17.9 Å². The van der Waals surface area contributed by atoms with Crippen LogP contribution in [-0.2, 0) is 17.9 Å². The highest BCUT2D eigenvalue weighted by atomic mass is 19.1. The monoisotopic (exact) mass is 435 g/mol. The third-order valence-electron chi connectivity index (χ3n) is 5.12. The van der Waals surface area contributed by atoms with Crippen LogP contribution >= 0.6 is 0 Å². The molecule has 2 heterocycles. The van der Waals surface area contributed by atoms with Gasteiger partial charge in [-0.15, -0.1) is 0 Å². The number of hydrogen-bond donors (Lipinski definition) is 1. The van der Waals surface area contributed by atoms with E-state index >= 15 is 0 Å². The number of hydrogen-bond acceptors (Lipinski definition) is 4. The maximum Gasteiger partial charge on any atom is 0.275 e. The van der Waals surface area contributed by atoms with E-state index < -0.39 is 0 Å². The van der Waals surface area contributed by atoms with E-state index in [-0.39, 0.29) is 23.8 Å². The van der Waals surface area contributed by atoms with Crippen LogP contribution in [0, 0.1) is 5.82 Å². The molecule has 0 bridgehead atoms. The number of carbonyl (C=O) groups is 1. The van der Waals surface area contributed by atoms with Gasteiger partial charge in [0.15, 0.2) is 11.5 Å². The van der Waals surface area contributed by atoms with Gasteiger partial charge in [0.2, 0.25) is 5.91 Å². The second-order valence-corrected chi connectivity index (χ2v) is 7.24. The zero-order valence-corrected chi connectivity index (χ0v) is 17.7. The van der Waals surface area contributed by atoms with Crippen molar-refractivity contribution in [3.8, 4) is 11.5 Å². The Bertz CT molecular complexity index is 1340. The maximum absolute atomic E-state index is 13.5. The highest BCUT2D eigenvalue weighted by molar-refractivity contribution is 5.91. The molecule has 0 unspecified atom stereocenters. The van der Waals surface area contributed by atoms with E-state index in [9.17, 15) is 14.0 Å². The molecule has 7 nitrogen and oxygen atoms in total. The van der Waals surface area contributed by atoms with Gasteiger partial charge in [0.25, 0.3) is 5.56 Å². The minimum Gasteiger partial charge on any atom is -0.493 e. The summed E-state index contributed by atoms with van der Waals surface area (Å²) in [6, 6.07) is 14.9. The fourth-order valence-corrected chi connectivity index (χ4v) is 3.60. The molecule has 0 spiro atoms. The minimum atomic E-state index is -0.359. The topological polar surface area (TPSA) is 74.5 Å². The van der Waals surface area contributed by atoms with Gasteiger partial charge in [-0.05, 0) is 42.0 Å². The lowest BCUT2D eigenvalue weighted by molar-refractivity contribution is -0.116. The van der Waals surface area contributed by atoms with Gasteiger partial charge in [-0.2, -0.15) is 0 Å². The molecule has 0 fully saturated rings. The van der Waals surface area contributed by atoms with E-state index in [0.717, 1.165) is 10.9 Å². The Morgan fingerprint density at radius 3 is 2.44 bits per heavy atom. The minimum absolute atomic E-state index is 0.158. The van der Waals surface area contributed by atoms with E-state index in [1.165, 1.54) is 30.9 Å². The third-order valence-corrected chi connectivity index (χ3v) is 5.12. The summed E-state index contributed by atoms with van der Waals surface area (Å²) < 4.78 is 27.1. The first-order valence-electron chi connectivity index (χ1n) is 9.93. The molecular weight excluding hydrogens is 413 g/mol. The Morgan fingerprint density at radius 1 is 0.969 bits per heavy atom. The first-order valence-corrected chi connectivity index (χ1v) is 9.93. The van der Waals surface area contributed by atoms with Crippen molar-refractivity contribution >= 4 is 22.5 Å². The van der Waals surface area contributed by atoms with E-state index in [0.29, 0.717) is 29.2 Å². The molecule has 0 atom stereocenters. The van der Waals surface area contributed by atoms with Gasteiger partial charge in [-0.25, -0.2) is 4.39 Å². The van der Waals surface area contributed by atoms with Crippen LogP contribution in [0.2, 0.25) is 0 Å². The molecule has 0 saturated carbocycles. The number of amides is 1. The molecule has 0 aliphatic rings. The molecule has 0 aliphatic heterocycles. The Kier molecular flexibility index (Phi) is 5.93. The normalized spacial score (nSPS) is 10.8. The molecule has 8 heteroatoms. The number of fused-ring (bicyclic) bond motifs is 1. The van der Waals surface area contributed by atoms with Crippen molar-refractivity contribution in [2.45, 2.75) is 13.1 Å². The number of rotatable bonds is 7. The largest absolute Gasteiger partial charge is 0.493 e. The molecule has 1 N–H and O–H groups in total. The van der Waals surface area contributed by atoms with Gasteiger partial charge < -0.3 is 23.9 Å². The lowest BCUT2D eigenvalue weighted by Crippen LogP contribution is -2.28. The Labute approximate surface area is 183 Å². The number of pyridine rings is 1. The maximum atomic E-state index is 13.5. The summed E-state index contributed by atoms with van der Waals surface area (Å²) in [5.41, 5.74) is 1.42. The molecule has 32 heavy (non-hydrogen) atoms. The number of nitrogens with zero attached hydrogens (tertiary/aromatic N) is 2. The molecule has 4 rings (SSSR count). The SMILES string of the molecule is COc1ccc(NC(=O)Cn2ccc3ccn(Cc4cccc(F)c4)c3c2=O)cc1OC. The third kappa shape index (κ3) is 4.34. The number of benzene rings is 2. The molecular formula is C24H22FN3O4. The molecule has 2 aromatic carbocycles. The number of ether oxygens (including phenoxy) is 2. The number of carbonyl (C=O) groups excluding carboxylic acids is 1. The molecule has 0 saturated heterocycles. The van der Waals surface area contributed by atoms with Crippen molar-refractivity contribution in [2.75, 3.05) is 19.5 Å². The van der Waals surface area contributed by atoms with Crippen LogP contribution < -0.4 is 20.3 Å². The lowest BCUT2D eigenvalue weighted by atomic mass is 10.2. The van der Waals surface area contributed by atoms with E-state index in [2.05, 4.69) is 5.32 Å². The van der Waals surface area contributed by atoms with Crippen molar-refractivity contribution in [1.82, 2.24) is 9.13 Å². The van der Waals surface area contributed by atoms with Crippen LogP contribution in [0.5, 0.6) is 11.5 Å². The van der Waals surface area contributed by atoms with Crippen LogP contribution in [0.1, 0.15) is 5.56 Å². The highest BCUT2D eigenvalue weighted by Crippen LogP contribution is 2.29. The number of halogens is 1. The highest BCUT2D eigenvalue weighted by Gasteiger charge is 2.13. The van der Waals surface area contributed by atoms with E-state index in [1.54, 1.807) is 53.4 Å². The summed E-state index contributed by atoms with van der Waals surface area (Å²) in [6.07, 6.45) is 3.37. The molecule has 1 amide bonds. The van der Waals surface area contributed by atoms with Crippen LogP contribution in [0.15, 0.2) is 71.8 Å². The summed E-state index contributed by atoms with van der Waals surface area (Å²) in [6.45, 7) is 0.187. The van der Waals surface area contributed by atoms with Gasteiger partial charge in [0.05, 0.1) is 14.2 Å². The Hall–Kier alpha value is -4.07. The van der Waals surface area contributed by atoms with Crippen LogP contribution in [0.4, 0.5) is 10.1 Å². The van der Waals surface area contributed by atoms with Crippen molar-refractivity contribution < 1.29 is 18.7 Å². The first-order chi connectivity index (χ1) is 15.5. The standard InChI is InChI=1S/C24H22FN3O4/c1-31-20-7-6-19(13-21(20)32-2)26-22(29)15-28-11-9-17-8-10-27(23(17)24(28)30)14-16-4-3-5-18(25)12-16/h3-13H,14-15H2,1-2H3,(H,26,29). The fraction of sp³-hybridized carbons (Fsp3) is 0.167. The average Bonchev–Trinajstić information content (AvgIpc) is 3.19. The summed E-state index contributed by atoms with van der Waals surface area (Å²) in [5.74, 6) is 0.343. The van der Waals surface area contributed by atoms with Crippen molar-refractivity contribution in [1.29, 1.82) is 0 Å². The number of nitrogens with one attached hydrogen (secondary N) is 1.